The Balaban J connectivity index is 1.62. The Labute approximate surface area is 192 Å². The molecular weight excluding hydrogens is 454 g/mol. The van der Waals surface area contributed by atoms with Crippen molar-refractivity contribution >= 4 is 66.9 Å². The number of fused-ring (bicyclic) bond motifs is 2. The molecule has 2 aromatic carbocycles. The number of anilines is 1. The fourth-order valence-electron chi connectivity index (χ4n) is 3.60. The molecule has 31 heavy (non-hydrogen) atoms. The maximum atomic E-state index is 13.1. The highest BCUT2D eigenvalue weighted by molar-refractivity contribution is 8.01. The molecular formula is C22H18ClN3O3S2. The van der Waals surface area contributed by atoms with Gasteiger partial charge in [0.05, 0.1) is 35.2 Å². The van der Waals surface area contributed by atoms with Gasteiger partial charge in [-0.05, 0) is 49.4 Å². The molecule has 6 nitrogen and oxygen atoms in total. The third-order valence-electron chi connectivity index (χ3n) is 5.21. The van der Waals surface area contributed by atoms with Gasteiger partial charge in [-0.25, -0.2) is 9.97 Å². The van der Waals surface area contributed by atoms with Crippen LogP contribution in [0.5, 0.6) is 11.5 Å². The van der Waals surface area contributed by atoms with Gasteiger partial charge in [0.2, 0.25) is 5.91 Å². The van der Waals surface area contributed by atoms with Gasteiger partial charge in [0, 0.05) is 10.9 Å². The number of benzene rings is 2. The van der Waals surface area contributed by atoms with Crippen molar-refractivity contribution in [2.45, 2.75) is 17.5 Å². The molecule has 3 heterocycles. The number of hydrogen-bond donors (Lipinski definition) is 0. The second kappa shape index (κ2) is 7.85. The van der Waals surface area contributed by atoms with E-state index in [-0.39, 0.29) is 16.5 Å². The van der Waals surface area contributed by atoms with Crippen LogP contribution in [-0.2, 0) is 4.79 Å². The fraction of sp³-hybridized carbons (Fsp3) is 0.227. The highest BCUT2D eigenvalue weighted by atomic mass is 35.5. The summed E-state index contributed by atoms with van der Waals surface area (Å²) >= 11 is 9.60. The Hall–Kier alpha value is -2.55. The summed E-state index contributed by atoms with van der Waals surface area (Å²) in [5.41, 5.74) is 2.38. The minimum atomic E-state index is -0.319. The summed E-state index contributed by atoms with van der Waals surface area (Å²) in [7, 11) is 3.26. The number of carbonyl (C=O) groups is 1. The number of nitrogens with zero attached hydrogens (tertiary/aromatic N) is 3. The summed E-state index contributed by atoms with van der Waals surface area (Å²) in [5.74, 6) is 1.50. The zero-order chi connectivity index (χ0) is 21.7. The lowest BCUT2D eigenvalue weighted by Crippen LogP contribution is -2.30. The number of methoxy groups -OCH3 is 2. The summed E-state index contributed by atoms with van der Waals surface area (Å²) in [4.78, 5) is 24.2. The Morgan fingerprint density at radius 2 is 1.71 bits per heavy atom. The van der Waals surface area contributed by atoms with E-state index in [1.54, 1.807) is 30.9 Å². The van der Waals surface area contributed by atoms with E-state index in [0.29, 0.717) is 10.3 Å². The van der Waals surface area contributed by atoms with Crippen LogP contribution in [0.4, 0.5) is 5.13 Å². The first kappa shape index (κ1) is 20.4. The van der Waals surface area contributed by atoms with E-state index in [2.05, 4.69) is 4.98 Å². The van der Waals surface area contributed by atoms with Crippen molar-refractivity contribution in [1.29, 1.82) is 0 Å². The minimum Gasteiger partial charge on any atom is -0.497 e. The lowest BCUT2D eigenvalue weighted by atomic mass is 10.1. The number of thiazole rings is 1. The highest BCUT2D eigenvalue weighted by Gasteiger charge is 2.42. The van der Waals surface area contributed by atoms with Crippen LogP contribution in [0.3, 0.4) is 0 Å². The normalized spacial score (nSPS) is 18.8. The molecule has 2 aromatic heterocycles. The number of pyridine rings is 1. The third kappa shape index (κ3) is 3.48. The monoisotopic (exact) mass is 471 g/mol. The zero-order valence-electron chi connectivity index (χ0n) is 17.0. The van der Waals surface area contributed by atoms with Gasteiger partial charge in [-0.2, -0.15) is 0 Å². The number of ether oxygens (including phenoxy) is 2. The zero-order valence-corrected chi connectivity index (χ0v) is 19.3. The Bertz CT molecular complexity index is 1330. The van der Waals surface area contributed by atoms with Gasteiger partial charge < -0.3 is 9.47 Å². The van der Waals surface area contributed by atoms with Crippen LogP contribution in [0, 0.1) is 0 Å². The number of thioether (sulfide) groups is 1. The van der Waals surface area contributed by atoms with Crippen molar-refractivity contribution in [2.75, 3.05) is 19.1 Å². The molecule has 9 heteroatoms. The van der Waals surface area contributed by atoms with Crippen LogP contribution in [0.25, 0.3) is 21.1 Å². The molecule has 158 valence electrons. The minimum absolute atomic E-state index is 0.00262. The average molecular weight is 472 g/mol. The van der Waals surface area contributed by atoms with Crippen molar-refractivity contribution in [3.8, 4) is 11.5 Å². The van der Waals surface area contributed by atoms with Gasteiger partial charge >= 0.3 is 0 Å². The number of amides is 1. The predicted octanol–water partition coefficient (Wildman–Crippen LogP) is 5.68. The maximum absolute atomic E-state index is 13.1. The Morgan fingerprint density at radius 1 is 1.00 bits per heavy atom. The number of carbonyl (C=O) groups excluding carboxylic acids is 1. The number of aromatic nitrogens is 2. The van der Waals surface area contributed by atoms with Crippen molar-refractivity contribution < 1.29 is 14.3 Å². The van der Waals surface area contributed by atoms with Crippen LogP contribution in [-0.4, -0.2) is 35.3 Å². The molecule has 0 N–H and O–H groups in total. The molecule has 0 aliphatic carbocycles. The molecule has 2 atom stereocenters. The Kier molecular flexibility index (Phi) is 5.16. The molecule has 0 radical (unpaired) electrons. The van der Waals surface area contributed by atoms with Gasteiger partial charge in [-0.3, -0.25) is 9.69 Å². The lowest BCUT2D eigenvalue weighted by molar-refractivity contribution is -0.117. The van der Waals surface area contributed by atoms with E-state index in [1.807, 2.05) is 49.4 Å². The molecule has 1 amide bonds. The summed E-state index contributed by atoms with van der Waals surface area (Å²) < 4.78 is 11.6. The van der Waals surface area contributed by atoms with Gasteiger partial charge in [0.15, 0.2) is 5.13 Å². The molecule has 0 bridgehead atoms. The van der Waals surface area contributed by atoms with Crippen LogP contribution < -0.4 is 14.4 Å². The van der Waals surface area contributed by atoms with Crippen LogP contribution in [0.2, 0.25) is 5.15 Å². The maximum Gasteiger partial charge on any atom is 0.242 e. The van der Waals surface area contributed by atoms with Gasteiger partial charge in [-0.1, -0.05) is 22.9 Å². The number of hydrogen-bond acceptors (Lipinski definition) is 7. The summed E-state index contributed by atoms with van der Waals surface area (Å²) in [5, 5.41) is 1.38. The molecule has 4 aromatic rings. The molecule has 2 unspecified atom stereocenters. The van der Waals surface area contributed by atoms with Gasteiger partial charge in [0.1, 0.15) is 22.0 Å². The molecule has 1 saturated heterocycles. The van der Waals surface area contributed by atoms with Crippen LogP contribution >= 0.6 is 34.7 Å². The standard InChI is InChI=1S/C22H18ClN3O3S2/c1-11-20(27)26(22-25-17-7-5-14(29-3)10-18(17)31-22)21(30-11)15-9-12-8-13(28-2)4-6-16(12)24-19(15)23/h4-11,21H,1-3H3. The Morgan fingerprint density at radius 3 is 2.45 bits per heavy atom. The van der Waals surface area contributed by atoms with E-state index in [1.165, 1.54) is 11.3 Å². The molecule has 5 rings (SSSR count). The quantitative estimate of drug-likeness (QED) is 0.357. The highest BCUT2D eigenvalue weighted by Crippen LogP contribution is 2.49. The van der Waals surface area contributed by atoms with E-state index >= 15 is 0 Å². The lowest BCUT2D eigenvalue weighted by Gasteiger charge is -2.22. The van der Waals surface area contributed by atoms with E-state index in [4.69, 9.17) is 26.1 Å². The van der Waals surface area contributed by atoms with Gasteiger partial charge in [-0.15, -0.1) is 11.8 Å². The number of halogens is 1. The summed E-state index contributed by atoms with van der Waals surface area (Å²) in [6.07, 6.45) is 0. The number of rotatable bonds is 4. The topological polar surface area (TPSA) is 64.5 Å². The largest absolute Gasteiger partial charge is 0.497 e. The van der Waals surface area contributed by atoms with E-state index in [9.17, 15) is 4.79 Å². The molecule has 1 aliphatic rings. The summed E-state index contributed by atoms with van der Waals surface area (Å²) in [6, 6.07) is 13.3. The van der Waals surface area contributed by atoms with Crippen molar-refractivity contribution in [3.05, 3.63) is 53.2 Å². The van der Waals surface area contributed by atoms with E-state index in [0.717, 1.165) is 38.2 Å². The second-order valence-corrected chi connectivity index (χ2v) is 9.89. The second-order valence-electron chi connectivity index (χ2n) is 7.10. The first-order valence-corrected chi connectivity index (χ1v) is 11.7. The fourth-order valence-corrected chi connectivity index (χ4v) is 6.28. The van der Waals surface area contributed by atoms with Crippen molar-refractivity contribution in [1.82, 2.24) is 9.97 Å². The molecule has 0 saturated carbocycles. The smallest absolute Gasteiger partial charge is 0.242 e. The van der Waals surface area contributed by atoms with E-state index < -0.39 is 0 Å². The third-order valence-corrected chi connectivity index (χ3v) is 7.86. The SMILES string of the molecule is COc1ccc2nc(Cl)c(C3SC(C)C(=O)N3c3nc4ccc(OC)cc4s3)cc2c1. The van der Waals surface area contributed by atoms with Crippen molar-refractivity contribution in [3.63, 3.8) is 0 Å². The average Bonchev–Trinajstić information content (AvgIpc) is 3.32. The molecule has 0 spiro atoms. The molecule has 1 aliphatic heterocycles. The first-order chi connectivity index (χ1) is 15.0. The van der Waals surface area contributed by atoms with Crippen molar-refractivity contribution in [2.24, 2.45) is 0 Å². The summed E-state index contributed by atoms with van der Waals surface area (Å²) in [6.45, 7) is 1.90. The predicted molar refractivity (Wildman–Crippen MR) is 127 cm³/mol. The molecule has 1 fully saturated rings. The van der Waals surface area contributed by atoms with Crippen LogP contribution in [0.1, 0.15) is 17.9 Å². The first-order valence-electron chi connectivity index (χ1n) is 9.56. The van der Waals surface area contributed by atoms with Gasteiger partial charge in [0.25, 0.3) is 0 Å². The van der Waals surface area contributed by atoms with Crippen LogP contribution in [0.15, 0.2) is 42.5 Å².